The molecule has 1 aromatic heterocycles. The predicted octanol–water partition coefficient (Wildman–Crippen LogP) is 3.82. The number of halogens is 3. The van der Waals surface area contributed by atoms with E-state index in [9.17, 15) is 23.1 Å². The molecule has 1 unspecified atom stereocenters. The normalized spacial score (nSPS) is 19.6. The van der Waals surface area contributed by atoms with Crippen LogP contribution in [0, 0.1) is 0 Å². The zero-order valence-corrected chi connectivity index (χ0v) is 18.6. The summed E-state index contributed by atoms with van der Waals surface area (Å²) in [6.45, 7) is 4.85. The average Bonchev–Trinajstić information content (AvgIpc) is 2.81. The molecule has 1 fully saturated rings. The van der Waals surface area contributed by atoms with Crippen molar-refractivity contribution in [3.63, 3.8) is 0 Å². The van der Waals surface area contributed by atoms with E-state index in [2.05, 4.69) is 21.9 Å². The largest absolute Gasteiger partial charge is 0.418 e. The van der Waals surface area contributed by atoms with Gasteiger partial charge in [-0.25, -0.2) is 9.97 Å². The first-order valence-electron chi connectivity index (χ1n) is 10.6. The minimum absolute atomic E-state index is 0.0475. The molecule has 180 valence electrons. The van der Waals surface area contributed by atoms with Crippen LogP contribution in [0.2, 0.25) is 0 Å². The number of alkyl halides is 3. The summed E-state index contributed by atoms with van der Waals surface area (Å²) < 4.78 is 40.4. The summed E-state index contributed by atoms with van der Waals surface area (Å²) in [5.74, 6) is -0.349. The van der Waals surface area contributed by atoms with Crippen molar-refractivity contribution in [2.45, 2.75) is 31.5 Å². The van der Waals surface area contributed by atoms with Crippen molar-refractivity contribution in [3.8, 4) is 11.4 Å². The van der Waals surface area contributed by atoms with E-state index in [-0.39, 0.29) is 35.7 Å². The van der Waals surface area contributed by atoms with Crippen molar-refractivity contribution >= 4 is 11.6 Å². The number of amides is 1. The van der Waals surface area contributed by atoms with Crippen LogP contribution in [0.5, 0.6) is 0 Å². The number of aromatic nitrogens is 2. The summed E-state index contributed by atoms with van der Waals surface area (Å²) in [5.41, 5.74) is 4.27. The van der Waals surface area contributed by atoms with Gasteiger partial charge < -0.3 is 21.1 Å². The fourth-order valence-corrected chi connectivity index (χ4v) is 3.72. The van der Waals surface area contributed by atoms with Crippen LogP contribution in [0.1, 0.15) is 30.3 Å². The van der Waals surface area contributed by atoms with Gasteiger partial charge in [-0.05, 0) is 25.8 Å². The van der Waals surface area contributed by atoms with Gasteiger partial charge in [0, 0.05) is 12.1 Å². The molecular weight excluding hydrogens is 447 g/mol. The number of aliphatic hydroxyl groups is 1. The van der Waals surface area contributed by atoms with Crippen molar-refractivity contribution in [1.29, 1.82) is 0 Å². The number of anilines is 1. The van der Waals surface area contributed by atoms with Gasteiger partial charge in [-0.2, -0.15) is 13.2 Å². The zero-order valence-electron chi connectivity index (χ0n) is 18.6. The smallest absolute Gasteiger partial charge is 0.396 e. The van der Waals surface area contributed by atoms with Crippen molar-refractivity contribution in [2.75, 3.05) is 18.8 Å². The molecule has 0 radical (unpaired) electrons. The lowest BCUT2D eigenvalue weighted by atomic mass is 9.91. The van der Waals surface area contributed by atoms with E-state index in [4.69, 9.17) is 5.73 Å². The Morgan fingerprint density at radius 2 is 2.03 bits per heavy atom. The quantitative estimate of drug-likeness (QED) is 0.551. The molecule has 10 heteroatoms. The Morgan fingerprint density at radius 1 is 1.32 bits per heavy atom. The maximum atomic E-state index is 13.5. The van der Waals surface area contributed by atoms with E-state index in [0.717, 1.165) is 0 Å². The number of benzene rings is 1. The number of piperidine rings is 1. The maximum Gasteiger partial charge on any atom is 0.418 e. The Kier molecular flexibility index (Phi) is 7.41. The number of carbonyl (C=O) groups is 1. The minimum atomic E-state index is -4.78. The molecule has 4 N–H and O–H groups in total. The number of likely N-dealkylation sites (tertiary alicyclic amines) is 1. The van der Waals surface area contributed by atoms with Gasteiger partial charge in [-0.3, -0.25) is 4.79 Å². The first-order valence-corrected chi connectivity index (χ1v) is 10.6. The van der Waals surface area contributed by atoms with Gasteiger partial charge >= 0.3 is 6.18 Å². The molecule has 1 aliphatic heterocycles. The van der Waals surface area contributed by atoms with Crippen LogP contribution in [0.25, 0.3) is 11.4 Å². The summed E-state index contributed by atoms with van der Waals surface area (Å²) >= 11 is 0. The number of rotatable bonds is 6. The second-order valence-electron chi connectivity index (χ2n) is 7.86. The molecule has 7 nitrogen and oxygen atoms in total. The van der Waals surface area contributed by atoms with Crippen LogP contribution in [-0.4, -0.2) is 50.7 Å². The molecule has 3 rings (SSSR count). The highest BCUT2D eigenvalue weighted by molar-refractivity contribution is 5.98. The molecule has 2 heterocycles. The molecule has 1 amide bonds. The number of hydrogen-bond acceptors (Lipinski definition) is 6. The van der Waals surface area contributed by atoms with Gasteiger partial charge in [0.2, 0.25) is 0 Å². The van der Waals surface area contributed by atoms with Crippen LogP contribution in [-0.2, 0) is 0 Å². The van der Waals surface area contributed by atoms with Gasteiger partial charge in [0.15, 0.2) is 17.1 Å². The number of β-amino-alcohol motifs (C(OH)–C–C–N with tert-alkyl or cyclic N) is 1. The van der Waals surface area contributed by atoms with E-state index in [1.165, 1.54) is 23.2 Å². The number of nitrogens with two attached hydrogens (primary N) is 1. The summed E-state index contributed by atoms with van der Waals surface area (Å²) in [6.07, 6.45) is 0.696. The van der Waals surface area contributed by atoms with Crippen molar-refractivity contribution in [1.82, 2.24) is 20.2 Å². The van der Waals surface area contributed by atoms with E-state index in [1.807, 2.05) is 6.07 Å². The van der Waals surface area contributed by atoms with Crippen molar-refractivity contribution < 1.29 is 23.1 Å². The van der Waals surface area contributed by atoms with Gasteiger partial charge in [-0.1, -0.05) is 49.1 Å². The van der Waals surface area contributed by atoms with Crippen LogP contribution in [0.15, 0.2) is 72.7 Å². The molecule has 0 bridgehead atoms. The Bertz CT molecular complexity index is 1120. The standard InChI is InChI=1S/C24H26F3N5O2/c1-3-9-19(32-13-8-12-23(34,15-32)24(25,26)27)18(4-2)30-22(33)20-17(28)14-29-21(31-20)16-10-6-5-7-11-16/h3-7,9-11,14,34H,1,8,12-13,15,28H2,2H3,(H,30,33)/b18-4+,19-9+. The van der Waals surface area contributed by atoms with Crippen LogP contribution in [0.3, 0.4) is 0 Å². The second-order valence-corrected chi connectivity index (χ2v) is 7.86. The zero-order chi connectivity index (χ0) is 24.9. The number of hydrogen-bond donors (Lipinski definition) is 3. The number of carbonyl (C=O) groups excluding carboxylic acids is 1. The lowest BCUT2D eigenvalue weighted by molar-refractivity contribution is -0.272. The SMILES string of the molecule is C=C/C=C(\C(=C/C)NC(=O)c1nc(-c2ccccc2)ncc1N)N1CCCC(O)(C(F)(F)F)C1. The third-order valence-electron chi connectivity index (χ3n) is 5.49. The number of nitrogen functional groups attached to an aromatic ring is 1. The molecule has 0 aliphatic carbocycles. The first-order chi connectivity index (χ1) is 16.1. The molecule has 2 aromatic rings. The van der Waals surface area contributed by atoms with E-state index in [0.29, 0.717) is 11.4 Å². The van der Waals surface area contributed by atoms with E-state index >= 15 is 0 Å². The van der Waals surface area contributed by atoms with Crippen LogP contribution in [0.4, 0.5) is 18.9 Å². The van der Waals surface area contributed by atoms with Gasteiger partial charge in [0.05, 0.1) is 29.8 Å². The minimum Gasteiger partial charge on any atom is -0.396 e. The van der Waals surface area contributed by atoms with Gasteiger partial charge in [0.25, 0.3) is 5.91 Å². The summed E-state index contributed by atoms with van der Waals surface area (Å²) in [5, 5.41) is 12.9. The Hall–Kier alpha value is -3.66. The number of nitrogens with zero attached hydrogens (tertiary/aromatic N) is 3. The lowest BCUT2D eigenvalue weighted by Crippen LogP contribution is -2.57. The maximum absolute atomic E-state index is 13.5. The molecule has 0 saturated carbocycles. The molecule has 34 heavy (non-hydrogen) atoms. The lowest BCUT2D eigenvalue weighted by Gasteiger charge is -2.42. The van der Waals surface area contributed by atoms with E-state index < -0.39 is 30.7 Å². The monoisotopic (exact) mass is 473 g/mol. The highest BCUT2D eigenvalue weighted by atomic mass is 19.4. The van der Waals surface area contributed by atoms with Crippen molar-refractivity contribution in [3.05, 3.63) is 78.4 Å². The highest BCUT2D eigenvalue weighted by Crippen LogP contribution is 2.38. The number of nitrogens with one attached hydrogen (secondary N) is 1. The van der Waals surface area contributed by atoms with Crippen molar-refractivity contribution in [2.24, 2.45) is 0 Å². The fraction of sp³-hybridized carbons (Fsp3) is 0.292. The predicted molar refractivity (Wildman–Crippen MR) is 123 cm³/mol. The third kappa shape index (κ3) is 5.28. The Labute approximate surface area is 195 Å². The second kappa shape index (κ2) is 10.1. The van der Waals surface area contributed by atoms with Crippen LogP contribution >= 0.6 is 0 Å². The molecule has 1 atom stereocenters. The first kappa shape index (κ1) is 25.0. The van der Waals surface area contributed by atoms with Gasteiger partial charge in [-0.15, -0.1) is 0 Å². The molecular formula is C24H26F3N5O2. The average molecular weight is 473 g/mol. The summed E-state index contributed by atoms with van der Waals surface area (Å²) in [4.78, 5) is 22.9. The van der Waals surface area contributed by atoms with E-state index in [1.54, 1.807) is 37.3 Å². The Morgan fingerprint density at radius 3 is 2.65 bits per heavy atom. The van der Waals surface area contributed by atoms with Gasteiger partial charge in [0.1, 0.15) is 0 Å². The number of allylic oxidation sites excluding steroid dienone is 3. The third-order valence-corrected chi connectivity index (χ3v) is 5.49. The molecule has 0 spiro atoms. The molecule has 1 saturated heterocycles. The summed E-state index contributed by atoms with van der Waals surface area (Å²) in [7, 11) is 0. The molecule has 1 aromatic carbocycles. The highest BCUT2D eigenvalue weighted by Gasteiger charge is 2.55. The van der Waals surface area contributed by atoms with Crippen LogP contribution < -0.4 is 11.1 Å². The molecule has 1 aliphatic rings. The topological polar surface area (TPSA) is 104 Å². The Balaban J connectivity index is 1.88. The fourth-order valence-electron chi connectivity index (χ4n) is 3.72. The summed E-state index contributed by atoms with van der Waals surface area (Å²) in [6, 6.07) is 9.02.